The van der Waals surface area contributed by atoms with E-state index in [1.54, 1.807) is 6.07 Å². The zero-order chi connectivity index (χ0) is 23.0. The SMILES string of the molecule is CCOc1ccc(C(C)NC(=O)C2CCN(C(=O)OCC(F)(F)F)CC2)cc1OCC. The van der Waals surface area contributed by atoms with E-state index in [4.69, 9.17) is 9.47 Å². The van der Waals surface area contributed by atoms with Crippen molar-refractivity contribution in [1.29, 1.82) is 0 Å². The van der Waals surface area contributed by atoms with E-state index in [0.717, 1.165) is 5.56 Å². The minimum absolute atomic E-state index is 0.164. The molecule has 0 radical (unpaired) electrons. The Balaban J connectivity index is 1.88. The smallest absolute Gasteiger partial charge is 0.422 e. The summed E-state index contributed by atoms with van der Waals surface area (Å²) in [7, 11) is 0. The molecule has 0 spiro atoms. The second-order valence-corrected chi connectivity index (χ2v) is 7.23. The highest BCUT2D eigenvalue weighted by atomic mass is 19.4. The standard InChI is InChI=1S/C21H29F3N2O5/c1-4-29-17-7-6-16(12-18(17)30-5-2)14(3)25-19(27)15-8-10-26(11-9-15)20(28)31-13-21(22,23)24/h6-7,12,14-15H,4-5,8-11,13H2,1-3H3,(H,25,27). The Bertz CT molecular complexity index is 749. The van der Waals surface area contributed by atoms with Gasteiger partial charge in [0.15, 0.2) is 18.1 Å². The minimum Gasteiger partial charge on any atom is -0.490 e. The quantitative estimate of drug-likeness (QED) is 0.651. The molecule has 1 heterocycles. The fourth-order valence-corrected chi connectivity index (χ4v) is 3.31. The van der Waals surface area contributed by atoms with Gasteiger partial charge in [0.05, 0.1) is 19.3 Å². The Hall–Kier alpha value is -2.65. The van der Waals surface area contributed by atoms with E-state index in [9.17, 15) is 22.8 Å². The number of ether oxygens (including phenoxy) is 3. The van der Waals surface area contributed by atoms with Crippen LogP contribution in [0, 0.1) is 5.92 Å². The number of alkyl halides is 3. The van der Waals surface area contributed by atoms with E-state index in [2.05, 4.69) is 10.1 Å². The molecule has 7 nitrogen and oxygen atoms in total. The number of piperidine rings is 1. The third kappa shape index (κ3) is 7.52. The van der Waals surface area contributed by atoms with Crippen LogP contribution in [0.4, 0.5) is 18.0 Å². The summed E-state index contributed by atoms with van der Waals surface area (Å²) < 4.78 is 52.0. The number of rotatable bonds is 8. The van der Waals surface area contributed by atoms with E-state index in [-0.39, 0.29) is 31.0 Å². The summed E-state index contributed by atoms with van der Waals surface area (Å²) in [5.41, 5.74) is 0.855. The van der Waals surface area contributed by atoms with Crippen LogP contribution in [0.5, 0.6) is 11.5 Å². The molecule has 2 amide bonds. The molecule has 1 fully saturated rings. The Morgan fingerprint density at radius 3 is 2.32 bits per heavy atom. The molecule has 1 atom stereocenters. The van der Waals surface area contributed by atoms with Crippen LogP contribution >= 0.6 is 0 Å². The van der Waals surface area contributed by atoms with Crippen molar-refractivity contribution in [1.82, 2.24) is 10.2 Å². The molecule has 31 heavy (non-hydrogen) atoms. The van der Waals surface area contributed by atoms with Crippen molar-refractivity contribution in [3.8, 4) is 11.5 Å². The molecule has 10 heteroatoms. The molecule has 0 aliphatic carbocycles. The zero-order valence-electron chi connectivity index (χ0n) is 18.0. The molecule has 1 aliphatic heterocycles. The lowest BCUT2D eigenvalue weighted by Gasteiger charge is -2.31. The monoisotopic (exact) mass is 446 g/mol. The molecule has 1 aliphatic rings. The fourth-order valence-electron chi connectivity index (χ4n) is 3.31. The van der Waals surface area contributed by atoms with E-state index >= 15 is 0 Å². The van der Waals surface area contributed by atoms with Gasteiger partial charge in [-0.05, 0) is 51.3 Å². The Kier molecular flexibility index (Phi) is 8.82. The average Bonchev–Trinajstić information content (AvgIpc) is 2.73. The summed E-state index contributed by atoms with van der Waals surface area (Å²) in [6, 6.07) is 5.21. The van der Waals surface area contributed by atoms with Crippen molar-refractivity contribution in [2.75, 3.05) is 32.9 Å². The first-order chi connectivity index (χ1) is 14.6. The minimum atomic E-state index is -4.56. The van der Waals surface area contributed by atoms with Crippen molar-refractivity contribution in [2.24, 2.45) is 5.92 Å². The van der Waals surface area contributed by atoms with Crippen LogP contribution in [0.3, 0.4) is 0 Å². The summed E-state index contributed by atoms with van der Waals surface area (Å²) in [6.45, 7) is 5.32. The number of amides is 2. The lowest BCUT2D eigenvalue weighted by Crippen LogP contribution is -2.44. The van der Waals surface area contributed by atoms with Gasteiger partial charge >= 0.3 is 12.3 Å². The number of carbonyl (C=O) groups is 2. The van der Waals surface area contributed by atoms with Crippen LogP contribution in [0.2, 0.25) is 0 Å². The lowest BCUT2D eigenvalue weighted by atomic mass is 9.95. The molecule has 1 N–H and O–H groups in total. The molecular formula is C21H29F3N2O5. The van der Waals surface area contributed by atoms with Gasteiger partial charge < -0.3 is 24.4 Å². The van der Waals surface area contributed by atoms with E-state index < -0.39 is 18.9 Å². The first kappa shape index (κ1) is 24.6. The topological polar surface area (TPSA) is 77.1 Å². The van der Waals surface area contributed by atoms with Crippen molar-refractivity contribution in [2.45, 2.75) is 45.8 Å². The Labute approximate surface area is 179 Å². The number of nitrogens with zero attached hydrogens (tertiary/aromatic N) is 1. The van der Waals surface area contributed by atoms with Crippen LogP contribution < -0.4 is 14.8 Å². The van der Waals surface area contributed by atoms with Crippen LogP contribution in [-0.4, -0.2) is 56.0 Å². The van der Waals surface area contributed by atoms with Crippen LogP contribution in [0.1, 0.15) is 45.2 Å². The van der Waals surface area contributed by atoms with Gasteiger partial charge in [-0.1, -0.05) is 6.07 Å². The summed E-state index contributed by atoms with van der Waals surface area (Å²) in [5.74, 6) is 0.746. The van der Waals surface area contributed by atoms with Crippen LogP contribution in [0.15, 0.2) is 18.2 Å². The van der Waals surface area contributed by atoms with Crippen molar-refractivity contribution in [3.63, 3.8) is 0 Å². The first-order valence-electron chi connectivity index (χ1n) is 10.3. The van der Waals surface area contributed by atoms with Crippen LogP contribution in [-0.2, 0) is 9.53 Å². The summed E-state index contributed by atoms with van der Waals surface area (Å²) in [4.78, 5) is 25.6. The third-order valence-corrected chi connectivity index (χ3v) is 4.91. The number of nitrogens with one attached hydrogen (secondary N) is 1. The van der Waals surface area contributed by atoms with Gasteiger partial charge in [-0.2, -0.15) is 13.2 Å². The summed E-state index contributed by atoms with van der Waals surface area (Å²) >= 11 is 0. The van der Waals surface area contributed by atoms with Crippen molar-refractivity contribution in [3.05, 3.63) is 23.8 Å². The predicted octanol–water partition coefficient (Wildman–Crippen LogP) is 4.07. The number of benzene rings is 1. The lowest BCUT2D eigenvalue weighted by molar-refractivity contribution is -0.162. The second kappa shape index (κ2) is 11.1. The maximum atomic E-state index is 12.6. The molecule has 0 saturated carbocycles. The number of likely N-dealkylation sites (tertiary alicyclic amines) is 1. The normalized spacial score (nSPS) is 15.9. The molecule has 174 valence electrons. The van der Waals surface area contributed by atoms with Gasteiger partial charge in [-0.15, -0.1) is 0 Å². The van der Waals surface area contributed by atoms with E-state index in [1.165, 1.54) is 4.90 Å². The van der Waals surface area contributed by atoms with E-state index in [1.807, 2.05) is 32.9 Å². The highest BCUT2D eigenvalue weighted by molar-refractivity contribution is 5.79. The molecule has 1 saturated heterocycles. The van der Waals surface area contributed by atoms with Gasteiger partial charge in [0.25, 0.3) is 0 Å². The third-order valence-electron chi connectivity index (χ3n) is 4.91. The van der Waals surface area contributed by atoms with Crippen LogP contribution in [0.25, 0.3) is 0 Å². The van der Waals surface area contributed by atoms with Crippen molar-refractivity contribution < 1.29 is 37.0 Å². The number of halogens is 3. The highest BCUT2D eigenvalue weighted by Gasteiger charge is 2.33. The highest BCUT2D eigenvalue weighted by Crippen LogP contribution is 2.31. The molecule has 0 aromatic heterocycles. The molecule has 1 aromatic carbocycles. The summed E-state index contributed by atoms with van der Waals surface area (Å²) in [5, 5.41) is 2.96. The molecule has 1 aromatic rings. The van der Waals surface area contributed by atoms with Gasteiger partial charge in [0.1, 0.15) is 0 Å². The Morgan fingerprint density at radius 2 is 1.74 bits per heavy atom. The maximum absolute atomic E-state index is 12.6. The molecule has 2 rings (SSSR count). The maximum Gasteiger partial charge on any atom is 0.422 e. The van der Waals surface area contributed by atoms with Gasteiger partial charge in [0.2, 0.25) is 5.91 Å². The second-order valence-electron chi connectivity index (χ2n) is 7.23. The molecule has 1 unspecified atom stereocenters. The first-order valence-corrected chi connectivity index (χ1v) is 10.3. The van der Waals surface area contributed by atoms with E-state index in [0.29, 0.717) is 37.6 Å². The van der Waals surface area contributed by atoms with Gasteiger partial charge in [-0.25, -0.2) is 4.79 Å². The number of hydrogen-bond donors (Lipinski definition) is 1. The number of carbonyl (C=O) groups excluding carboxylic acids is 2. The van der Waals surface area contributed by atoms with Gasteiger partial charge in [0, 0.05) is 19.0 Å². The molecule has 0 bridgehead atoms. The van der Waals surface area contributed by atoms with Crippen molar-refractivity contribution >= 4 is 12.0 Å². The largest absolute Gasteiger partial charge is 0.490 e. The predicted molar refractivity (Wildman–Crippen MR) is 107 cm³/mol. The fraction of sp³-hybridized carbons (Fsp3) is 0.619. The molecular weight excluding hydrogens is 417 g/mol. The number of hydrogen-bond acceptors (Lipinski definition) is 5. The zero-order valence-corrected chi connectivity index (χ0v) is 18.0. The van der Waals surface area contributed by atoms with Gasteiger partial charge in [-0.3, -0.25) is 4.79 Å². The Morgan fingerprint density at radius 1 is 1.13 bits per heavy atom. The average molecular weight is 446 g/mol. The summed E-state index contributed by atoms with van der Waals surface area (Å²) in [6.07, 6.45) is -4.87.